The minimum Gasteiger partial charge on any atom is -0.322 e. The second-order valence-electron chi connectivity index (χ2n) is 9.15. The number of hydrogen-bond donors (Lipinski definition) is 2. The number of pyridine rings is 1. The molecule has 0 fully saturated rings. The van der Waals surface area contributed by atoms with Gasteiger partial charge in [-0.3, -0.25) is 9.52 Å². The highest BCUT2D eigenvalue weighted by molar-refractivity contribution is 7.92. The van der Waals surface area contributed by atoms with Crippen molar-refractivity contribution in [1.29, 1.82) is 0 Å². The summed E-state index contributed by atoms with van der Waals surface area (Å²) in [7, 11) is -3.88. The van der Waals surface area contributed by atoms with Crippen LogP contribution in [0.1, 0.15) is 34.4 Å². The molecule has 0 radical (unpaired) electrons. The third-order valence-corrected chi connectivity index (χ3v) is 7.62. The third-order valence-electron chi connectivity index (χ3n) is 6.25. The van der Waals surface area contributed by atoms with Gasteiger partial charge in [0.2, 0.25) is 0 Å². The second kappa shape index (κ2) is 10.6. The molecule has 0 saturated heterocycles. The molecule has 0 unspecified atom stereocenters. The van der Waals surface area contributed by atoms with E-state index in [9.17, 15) is 13.2 Å². The van der Waals surface area contributed by atoms with E-state index in [0.29, 0.717) is 34.0 Å². The van der Waals surface area contributed by atoms with Gasteiger partial charge in [0.1, 0.15) is 11.6 Å². The molecule has 0 saturated carbocycles. The molecule has 1 amide bonds. The second-order valence-corrected chi connectivity index (χ2v) is 10.8. The van der Waals surface area contributed by atoms with Crippen LogP contribution >= 0.6 is 0 Å². The van der Waals surface area contributed by atoms with Crippen LogP contribution in [0.3, 0.4) is 0 Å². The molecule has 0 aliphatic heterocycles. The zero-order valence-electron chi connectivity index (χ0n) is 21.8. The van der Waals surface area contributed by atoms with E-state index in [0.717, 1.165) is 17.4 Å². The molecule has 5 rings (SSSR count). The number of benzene rings is 3. The Hall–Kier alpha value is -4.63. The maximum absolute atomic E-state index is 13.4. The fourth-order valence-corrected chi connectivity index (χ4v) is 5.30. The minimum atomic E-state index is -3.88. The number of carbonyl (C=O) groups is 1. The number of hydrogen-bond acceptors (Lipinski definition) is 6. The maximum Gasteiger partial charge on any atom is 0.263 e. The predicted molar refractivity (Wildman–Crippen MR) is 153 cm³/mol. The first-order chi connectivity index (χ1) is 18.7. The smallest absolute Gasteiger partial charge is 0.263 e. The summed E-state index contributed by atoms with van der Waals surface area (Å²) in [6.07, 6.45) is 0.940. The van der Waals surface area contributed by atoms with Gasteiger partial charge < -0.3 is 5.32 Å². The lowest BCUT2D eigenvalue weighted by molar-refractivity contribution is 0.102. The van der Waals surface area contributed by atoms with Crippen molar-refractivity contribution >= 4 is 38.3 Å². The molecule has 0 spiro atoms. The Kier molecular flexibility index (Phi) is 7.08. The van der Waals surface area contributed by atoms with Crippen LogP contribution in [-0.4, -0.2) is 29.3 Å². The number of para-hydroxylation sites is 1. The van der Waals surface area contributed by atoms with E-state index in [1.807, 2.05) is 36.4 Å². The van der Waals surface area contributed by atoms with Gasteiger partial charge in [0.15, 0.2) is 0 Å². The Balaban J connectivity index is 1.40. The van der Waals surface area contributed by atoms with Crippen LogP contribution in [0, 0.1) is 13.8 Å². The molecule has 0 aliphatic rings. The van der Waals surface area contributed by atoms with E-state index in [1.54, 1.807) is 38.1 Å². The Bertz CT molecular complexity index is 1760. The zero-order chi connectivity index (χ0) is 27.6. The first-order valence-corrected chi connectivity index (χ1v) is 14.0. The molecule has 9 heteroatoms. The van der Waals surface area contributed by atoms with Crippen LogP contribution in [0.15, 0.2) is 89.8 Å². The van der Waals surface area contributed by atoms with Crippen LogP contribution in [0.5, 0.6) is 0 Å². The summed E-state index contributed by atoms with van der Waals surface area (Å²) >= 11 is 0. The quantitative estimate of drug-likeness (QED) is 0.266. The first-order valence-electron chi connectivity index (χ1n) is 12.5. The lowest BCUT2D eigenvalue weighted by Crippen LogP contribution is -2.15. The average Bonchev–Trinajstić information content (AvgIpc) is 2.92. The molecule has 196 valence electrons. The molecule has 2 N–H and O–H groups in total. The Morgan fingerprint density at radius 3 is 2.26 bits per heavy atom. The van der Waals surface area contributed by atoms with E-state index in [1.165, 1.54) is 17.7 Å². The summed E-state index contributed by atoms with van der Waals surface area (Å²) in [4.78, 5) is 26.5. The maximum atomic E-state index is 13.4. The molecule has 2 heterocycles. The largest absolute Gasteiger partial charge is 0.322 e. The van der Waals surface area contributed by atoms with Crippen LogP contribution in [-0.2, 0) is 16.4 Å². The van der Waals surface area contributed by atoms with Crippen LogP contribution in [0.25, 0.3) is 22.2 Å². The Morgan fingerprint density at radius 1 is 0.846 bits per heavy atom. The number of nitrogens with zero attached hydrogens (tertiary/aromatic N) is 3. The van der Waals surface area contributed by atoms with Crippen molar-refractivity contribution in [2.75, 3.05) is 10.0 Å². The number of carbonyl (C=O) groups excluding carboxylic acids is 1. The highest BCUT2D eigenvalue weighted by atomic mass is 32.2. The summed E-state index contributed by atoms with van der Waals surface area (Å²) in [5.74, 6) is 0.346. The van der Waals surface area contributed by atoms with E-state index in [2.05, 4.69) is 39.1 Å². The first kappa shape index (κ1) is 26.0. The highest BCUT2D eigenvalue weighted by Gasteiger charge is 2.17. The monoisotopic (exact) mass is 537 g/mol. The van der Waals surface area contributed by atoms with Crippen molar-refractivity contribution in [3.8, 4) is 11.3 Å². The van der Waals surface area contributed by atoms with Gasteiger partial charge in [0.05, 0.1) is 21.7 Å². The summed E-state index contributed by atoms with van der Waals surface area (Å²) in [5, 5.41) is 3.61. The molecule has 3 aromatic carbocycles. The van der Waals surface area contributed by atoms with Crippen LogP contribution in [0.2, 0.25) is 0 Å². The van der Waals surface area contributed by atoms with E-state index < -0.39 is 10.0 Å². The Morgan fingerprint density at radius 2 is 1.56 bits per heavy atom. The van der Waals surface area contributed by atoms with Crippen molar-refractivity contribution < 1.29 is 13.2 Å². The number of sulfonamides is 1. The number of nitrogens with one attached hydrogen (secondary N) is 2. The molecule has 0 aliphatic carbocycles. The van der Waals surface area contributed by atoms with Gasteiger partial charge in [0, 0.05) is 28.4 Å². The molecule has 8 nitrogen and oxygen atoms in total. The van der Waals surface area contributed by atoms with E-state index in [-0.39, 0.29) is 16.6 Å². The number of aromatic nitrogens is 3. The van der Waals surface area contributed by atoms with Gasteiger partial charge in [-0.1, -0.05) is 49.4 Å². The SMILES string of the molecule is CCc1ccc(-c2cc(C(=O)Nc3ccc(S(=O)(=O)Nc4cc(C)nc(C)n4)cc3)c3ccccc3n2)cc1. The number of amides is 1. The summed E-state index contributed by atoms with van der Waals surface area (Å²) < 4.78 is 28.2. The molecule has 5 aromatic rings. The van der Waals surface area contributed by atoms with E-state index in [4.69, 9.17) is 4.98 Å². The topological polar surface area (TPSA) is 114 Å². The number of aryl methyl sites for hydroxylation is 3. The van der Waals surface area contributed by atoms with Gasteiger partial charge in [-0.2, -0.15) is 0 Å². The van der Waals surface area contributed by atoms with Crippen molar-refractivity contribution in [3.63, 3.8) is 0 Å². The summed E-state index contributed by atoms with van der Waals surface area (Å²) in [5.41, 5.74) is 5.14. The lowest BCUT2D eigenvalue weighted by atomic mass is 10.0. The molecule has 39 heavy (non-hydrogen) atoms. The van der Waals surface area contributed by atoms with Gasteiger partial charge in [-0.15, -0.1) is 0 Å². The molecule has 0 atom stereocenters. The van der Waals surface area contributed by atoms with Gasteiger partial charge in [0.25, 0.3) is 15.9 Å². The van der Waals surface area contributed by atoms with Crippen molar-refractivity contribution in [1.82, 2.24) is 15.0 Å². The molecular weight excluding hydrogens is 510 g/mol. The van der Waals surface area contributed by atoms with Gasteiger partial charge in [-0.05, 0) is 62.2 Å². The summed E-state index contributed by atoms with van der Waals surface area (Å²) in [6.45, 7) is 5.56. The highest BCUT2D eigenvalue weighted by Crippen LogP contribution is 2.26. The fraction of sp³-hybridized carbons (Fsp3) is 0.133. The van der Waals surface area contributed by atoms with Crippen molar-refractivity contribution in [3.05, 3.63) is 108 Å². The minimum absolute atomic E-state index is 0.0431. The third kappa shape index (κ3) is 5.78. The number of rotatable bonds is 7. The summed E-state index contributed by atoms with van der Waals surface area (Å²) in [6, 6.07) is 24.9. The van der Waals surface area contributed by atoms with Gasteiger partial charge in [-0.25, -0.2) is 23.4 Å². The molecule has 2 aromatic heterocycles. The lowest BCUT2D eigenvalue weighted by Gasteiger charge is -2.12. The van der Waals surface area contributed by atoms with Gasteiger partial charge >= 0.3 is 0 Å². The van der Waals surface area contributed by atoms with Crippen LogP contribution in [0.4, 0.5) is 11.5 Å². The average molecular weight is 538 g/mol. The van der Waals surface area contributed by atoms with Crippen LogP contribution < -0.4 is 10.0 Å². The van der Waals surface area contributed by atoms with Crippen molar-refractivity contribution in [2.24, 2.45) is 0 Å². The molecular formula is C30H27N5O3S. The fourth-order valence-electron chi connectivity index (χ4n) is 4.30. The number of anilines is 2. The molecule has 0 bridgehead atoms. The Labute approximate surface area is 227 Å². The number of fused-ring (bicyclic) bond motifs is 1. The standard InChI is InChI=1S/C30H27N5O3S/c1-4-21-9-11-22(12-10-21)28-18-26(25-7-5-6-8-27(25)34-28)30(36)33-23-13-15-24(16-14-23)39(37,38)35-29-17-19(2)31-20(3)32-29/h5-18H,4H2,1-3H3,(H,33,36)(H,31,32,35). The zero-order valence-corrected chi connectivity index (χ0v) is 22.6. The predicted octanol–water partition coefficient (Wildman–Crippen LogP) is 5.92. The van der Waals surface area contributed by atoms with Crippen molar-refractivity contribution in [2.45, 2.75) is 32.1 Å². The normalized spacial score (nSPS) is 11.4. The van der Waals surface area contributed by atoms with E-state index >= 15 is 0 Å².